The Labute approximate surface area is 115 Å². The lowest BCUT2D eigenvalue weighted by molar-refractivity contribution is 1.38. The van der Waals surface area contributed by atoms with E-state index in [1.54, 1.807) is 11.8 Å². The molecule has 17 heavy (non-hydrogen) atoms. The van der Waals surface area contributed by atoms with Crippen molar-refractivity contribution >= 4 is 33.8 Å². The van der Waals surface area contributed by atoms with E-state index in [1.165, 1.54) is 16.0 Å². The second-order valence-corrected chi connectivity index (χ2v) is 5.68. The normalized spacial score (nSPS) is 10.9. The number of hydrogen-bond acceptors (Lipinski definition) is 1. The molecule has 0 aliphatic rings. The standard InChI is InChI=1S/C15H13BrS/c1-12-2-8-15(9-3-12)17-11-10-13-4-6-14(16)7-5-13/h2-11H,1H3/b11-10-. The van der Waals surface area contributed by atoms with Crippen molar-refractivity contribution in [3.05, 3.63) is 69.5 Å². The first kappa shape index (κ1) is 12.5. The second kappa shape index (κ2) is 6.08. The highest BCUT2D eigenvalue weighted by Crippen LogP contribution is 2.21. The quantitative estimate of drug-likeness (QED) is 0.673. The molecule has 0 aromatic heterocycles. The minimum Gasteiger partial charge on any atom is -0.0981 e. The van der Waals surface area contributed by atoms with Gasteiger partial charge in [0.05, 0.1) is 0 Å². The van der Waals surface area contributed by atoms with Crippen molar-refractivity contribution in [3.63, 3.8) is 0 Å². The van der Waals surface area contributed by atoms with E-state index in [0.29, 0.717) is 0 Å². The average Bonchev–Trinajstić information content (AvgIpc) is 2.34. The Morgan fingerprint density at radius 3 is 2.24 bits per heavy atom. The van der Waals surface area contributed by atoms with Crippen molar-refractivity contribution in [2.75, 3.05) is 0 Å². The molecule has 0 saturated heterocycles. The Balaban J connectivity index is 1.97. The number of hydrogen-bond donors (Lipinski definition) is 0. The summed E-state index contributed by atoms with van der Waals surface area (Å²) in [4.78, 5) is 1.27. The van der Waals surface area contributed by atoms with Crippen LogP contribution in [0.5, 0.6) is 0 Å². The van der Waals surface area contributed by atoms with Crippen LogP contribution in [-0.4, -0.2) is 0 Å². The molecular formula is C15H13BrS. The number of thioether (sulfide) groups is 1. The van der Waals surface area contributed by atoms with Crippen molar-refractivity contribution in [1.29, 1.82) is 0 Å². The Kier molecular flexibility index (Phi) is 4.46. The molecule has 0 amide bonds. The van der Waals surface area contributed by atoms with Crippen molar-refractivity contribution in [2.45, 2.75) is 11.8 Å². The van der Waals surface area contributed by atoms with E-state index in [4.69, 9.17) is 0 Å². The van der Waals surface area contributed by atoms with Crippen molar-refractivity contribution in [2.24, 2.45) is 0 Å². The lowest BCUT2D eigenvalue weighted by atomic mass is 10.2. The Morgan fingerprint density at radius 1 is 0.941 bits per heavy atom. The summed E-state index contributed by atoms with van der Waals surface area (Å²) in [6.07, 6.45) is 2.12. The molecule has 0 heterocycles. The predicted octanol–water partition coefficient (Wildman–Crippen LogP) is 5.52. The van der Waals surface area contributed by atoms with Crippen LogP contribution in [0.3, 0.4) is 0 Å². The van der Waals surface area contributed by atoms with E-state index in [0.717, 1.165) is 4.47 Å². The molecule has 0 aliphatic carbocycles. The minimum absolute atomic E-state index is 1.11. The van der Waals surface area contributed by atoms with E-state index in [2.05, 4.69) is 82.9 Å². The summed E-state index contributed by atoms with van der Waals surface area (Å²) in [5, 5.41) is 2.12. The van der Waals surface area contributed by atoms with Gasteiger partial charge in [0.1, 0.15) is 0 Å². The highest BCUT2D eigenvalue weighted by atomic mass is 79.9. The van der Waals surface area contributed by atoms with Gasteiger partial charge in [-0.3, -0.25) is 0 Å². The van der Waals surface area contributed by atoms with E-state index >= 15 is 0 Å². The molecule has 0 radical (unpaired) electrons. The zero-order valence-electron chi connectivity index (χ0n) is 9.56. The van der Waals surface area contributed by atoms with Gasteiger partial charge in [0.25, 0.3) is 0 Å². The first-order valence-corrected chi connectivity index (χ1v) is 7.07. The summed E-state index contributed by atoms with van der Waals surface area (Å²) in [5.74, 6) is 0. The van der Waals surface area contributed by atoms with Crippen LogP contribution in [0.4, 0.5) is 0 Å². The molecule has 2 aromatic carbocycles. The minimum atomic E-state index is 1.11. The molecule has 0 unspecified atom stereocenters. The third-order valence-corrected chi connectivity index (χ3v) is 3.70. The van der Waals surface area contributed by atoms with Crippen LogP contribution >= 0.6 is 27.7 Å². The molecule has 0 aliphatic heterocycles. The van der Waals surface area contributed by atoms with Crippen LogP contribution in [-0.2, 0) is 0 Å². The molecular weight excluding hydrogens is 292 g/mol. The largest absolute Gasteiger partial charge is 0.0981 e. The summed E-state index contributed by atoms with van der Waals surface area (Å²) in [5.41, 5.74) is 2.51. The van der Waals surface area contributed by atoms with Crippen molar-refractivity contribution in [1.82, 2.24) is 0 Å². The van der Waals surface area contributed by atoms with E-state index in [9.17, 15) is 0 Å². The van der Waals surface area contributed by atoms with Crippen molar-refractivity contribution < 1.29 is 0 Å². The maximum absolute atomic E-state index is 3.43. The zero-order valence-corrected chi connectivity index (χ0v) is 12.0. The first-order valence-electron chi connectivity index (χ1n) is 5.39. The molecule has 0 atom stereocenters. The van der Waals surface area contributed by atoms with Crippen LogP contribution in [0, 0.1) is 6.92 Å². The molecule has 0 N–H and O–H groups in total. The fraction of sp³-hybridized carbons (Fsp3) is 0.0667. The SMILES string of the molecule is Cc1ccc(S/C=C\c2ccc(Br)cc2)cc1. The molecule has 0 saturated carbocycles. The van der Waals surface area contributed by atoms with Gasteiger partial charge < -0.3 is 0 Å². The first-order chi connectivity index (χ1) is 8.24. The second-order valence-electron chi connectivity index (χ2n) is 3.79. The van der Waals surface area contributed by atoms with Crippen molar-refractivity contribution in [3.8, 4) is 0 Å². The lowest BCUT2D eigenvalue weighted by Gasteiger charge is -1.97. The molecule has 2 rings (SSSR count). The summed E-state index contributed by atoms with van der Waals surface area (Å²) in [6, 6.07) is 16.8. The van der Waals surface area contributed by atoms with Gasteiger partial charge in [0.2, 0.25) is 0 Å². The highest BCUT2D eigenvalue weighted by Gasteiger charge is 1.90. The third-order valence-electron chi connectivity index (χ3n) is 2.36. The molecule has 2 heteroatoms. The fourth-order valence-electron chi connectivity index (χ4n) is 1.38. The Hall–Kier alpha value is -0.990. The van der Waals surface area contributed by atoms with Gasteiger partial charge in [0.15, 0.2) is 0 Å². The monoisotopic (exact) mass is 304 g/mol. The summed E-state index contributed by atoms with van der Waals surface area (Å²) >= 11 is 5.16. The van der Waals surface area contributed by atoms with Gasteiger partial charge in [-0.05, 0) is 48.2 Å². The maximum atomic E-state index is 3.43. The van der Waals surface area contributed by atoms with Crippen LogP contribution in [0.2, 0.25) is 0 Å². The van der Waals surface area contributed by atoms with E-state index in [-0.39, 0.29) is 0 Å². The van der Waals surface area contributed by atoms with Gasteiger partial charge >= 0.3 is 0 Å². The molecule has 0 fully saturated rings. The Morgan fingerprint density at radius 2 is 1.59 bits per heavy atom. The molecule has 2 aromatic rings. The number of aryl methyl sites for hydroxylation is 1. The van der Waals surface area contributed by atoms with Crippen LogP contribution < -0.4 is 0 Å². The number of rotatable bonds is 3. The van der Waals surface area contributed by atoms with Gasteiger partial charge in [-0.2, -0.15) is 0 Å². The maximum Gasteiger partial charge on any atom is 0.0175 e. The molecule has 0 spiro atoms. The average molecular weight is 305 g/mol. The number of halogens is 1. The smallest absolute Gasteiger partial charge is 0.0175 e. The molecule has 86 valence electrons. The third kappa shape index (κ3) is 4.06. The summed E-state index contributed by atoms with van der Waals surface area (Å²) < 4.78 is 1.11. The van der Waals surface area contributed by atoms with E-state index in [1.807, 2.05) is 0 Å². The van der Waals surface area contributed by atoms with Crippen LogP contribution in [0.15, 0.2) is 63.3 Å². The van der Waals surface area contributed by atoms with E-state index < -0.39 is 0 Å². The van der Waals surface area contributed by atoms with Gasteiger partial charge in [-0.1, -0.05) is 57.5 Å². The number of benzene rings is 2. The highest BCUT2D eigenvalue weighted by molar-refractivity contribution is 9.10. The fourth-order valence-corrected chi connectivity index (χ4v) is 2.32. The van der Waals surface area contributed by atoms with Crippen LogP contribution in [0.25, 0.3) is 6.08 Å². The topological polar surface area (TPSA) is 0 Å². The Bertz CT molecular complexity index is 497. The van der Waals surface area contributed by atoms with Crippen LogP contribution in [0.1, 0.15) is 11.1 Å². The molecule has 0 nitrogen and oxygen atoms in total. The van der Waals surface area contributed by atoms with Gasteiger partial charge in [-0.15, -0.1) is 0 Å². The van der Waals surface area contributed by atoms with Gasteiger partial charge in [0, 0.05) is 9.37 Å². The lowest BCUT2D eigenvalue weighted by Crippen LogP contribution is -1.72. The zero-order chi connectivity index (χ0) is 12.1. The summed E-state index contributed by atoms with van der Waals surface area (Å²) in [6.45, 7) is 2.10. The predicted molar refractivity (Wildman–Crippen MR) is 80.2 cm³/mol. The van der Waals surface area contributed by atoms with Gasteiger partial charge in [-0.25, -0.2) is 0 Å². The molecule has 0 bridgehead atoms. The summed E-state index contributed by atoms with van der Waals surface area (Å²) in [7, 11) is 0.